The summed E-state index contributed by atoms with van der Waals surface area (Å²) in [5.41, 5.74) is -1.89. The molecule has 5 fully saturated rings. The number of carbonyl (C=O) groups is 2. The predicted molar refractivity (Wildman–Crippen MR) is 146 cm³/mol. The lowest BCUT2D eigenvalue weighted by atomic mass is 9.45. The summed E-state index contributed by atoms with van der Waals surface area (Å²) < 4.78 is 28.4. The summed E-state index contributed by atoms with van der Waals surface area (Å²) in [6, 6.07) is 0. The highest BCUT2D eigenvalue weighted by atomic mass is 16.7. The summed E-state index contributed by atoms with van der Waals surface area (Å²) in [7, 11) is 1.41. The van der Waals surface area contributed by atoms with Gasteiger partial charge in [0, 0.05) is 31.9 Å². The van der Waals surface area contributed by atoms with E-state index in [1.165, 1.54) is 14.0 Å². The second-order valence-electron chi connectivity index (χ2n) is 13.9. The minimum atomic E-state index is -1.35. The molecule has 236 valence electrons. The second kappa shape index (κ2) is 10.8. The molecule has 0 bridgehead atoms. The minimum absolute atomic E-state index is 0.0365. The lowest BCUT2D eigenvalue weighted by Gasteiger charge is -2.64. The summed E-state index contributed by atoms with van der Waals surface area (Å²) >= 11 is 0. The number of fused-ring (bicyclic) bond motifs is 5. The third-order valence-corrected chi connectivity index (χ3v) is 12.1. The number of esters is 2. The lowest BCUT2D eigenvalue weighted by Crippen LogP contribution is -2.70. The molecule has 14 unspecified atom stereocenters. The number of cyclic esters (lactones) is 1. The lowest BCUT2D eigenvalue weighted by molar-refractivity contribution is -0.323. The average Bonchev–Trinajstić information content (AvgIpc) is 3.47. The van der Waals surface area contributed by atoms with Crippen LogP contribution in [-0.2, 0) is 33.3 Å². The number of carbonyl (C=O) groups excluding carboxylic acids is 2. The van der Waals surface area contributed by atoms with Gasteiger partial charge in [0.2, 0.25) is 0 Å². The van der Waals surface area contributed by atoms with Crippen LogP contribution in [-0.4, -0.2) is 100 Å². The van der Waals surface area contributed by atoms with Gasteiger partial charge in [-0.25, -0.2) is 4.79 Å². The Labute approximate surface area is 246 Å². The zero-order chi connectivity index (χ0) is 30.2. The van der Waals surface area contributed by atoms with E-state index >= 15 is 0 Å². The van der Waals surface area contributed by atoms with E-state index in [4.69, 9.17) is 23.7 Å². The van der Waals surface area contributed by atoms with Crippen LogP contribution in [0.2, 0.25) is 0 Å². The van der Waals surface area contributed by atoms with E-state index in [1.807, 2.05) is 0 Å². The van der Waals surface area contributed by atoms with Gasteiger partial charge in [0.25, 0.3) is 0 Å². The zero-order valence-corrected chi connectivity index (χ0v) is 24.9. The number of aliphatic hydroxyl groups is 4. The fourth-order valence-corrected chi connectivity index (χ4v) is 10.0. The Morgan fingerprint density at radius 2 is 1.81 bits per heavy atom. The van der Waals surface area contributed by atoms with Gasteiger partial charge in [0.15, 0.2) is 6.29 Å². The molecule has 0 aromatic rings. The quantitative estimate of drug-likeness (QED) is 0.269. The Morgan fingerprint density at radius 1 is 1.05 bits per heavy atom. The van der Waals surface area contributed by atoms with Crippen LogP contribution in [0.25, 0.3) is 0 Å². The Bertz CT molecular complexity index is 1110. The number of ether oxygens (including phenoxy) is 5. The van der Waals surface area contributed by atoms with Crippen LogP contribution in [0, 0.1) is 29.1 Å². The van der Waals surface area contributed by atoms with Crippen molar-refractivity contribution >= 4 is 11.9 Å². The summed E-state index contributed by atoms with van der Waals surface area (Å²) in [6.07, 6.45) is 0.134. The van der Waals surface area contributed by atoms with Crippen LogP contribution in [0.15, 0.2) is 11.6 Å². The van der Waals surface area contributed by atoms with Crippen molar-refractivity contribution in [1.82, 2.24) is 0 Å². The number of hydrogen-bond acceptors (Lipinski definition) is 11. The van der Waals surface area contributed by atoms with E-state index in [-0.39, 0.29) is 42.7 Å². The first-order valence-electron chi connectivity index (χ1n) is 15.5. The van der Waals surface area contributed by atoms with Crippen LogP contribution >= 0.6 is 0 Å². The van der Waals surface area contributed by atoms with Gasteiger partial charge in [-0.1, -0.05) is 6.92 Å². The second-order valence-corrected chi connectivity index (χ2v) is 13.9. The van der Waals surface area contributed by atoms with Gasteiger partial charge in [0.05, 0.1) is 17.8 Å². The average molecular weight is 595 g/mol. The monoisotopic (exact) mass is 594 g/mol. The smallest absolute Gasteiger partial charge is 0.331 e. The molecule has 14 atom stereocenters. The Balaban J connectivity index is 1.24. The molecule has 0 aromatic carbocycles. The van der Waals surface area contributed by atoms with Crippen molar-refractivity contribution in [3.8, 4) is 0 Å². The van der Waals surface area contributed by atoms with Crippen molar-refractivity contribution in [1.29, 1.82) is 0 Å². The van der Waals surface area contributed by atoms with E-state index in [9.17, 15) is 30.0 Å². The summed E-state index contributed by atoms with van der Waals surface area (Å²) in [5, 5.41) is 46.2. The van der Waals surface area contributed by atoms with Crippen LogP contribution in [0.4, 0.5) is 0 Å². The minimum Gasteiger partial charge on any atom is -0.459 e. The Hall–Kier alpha value is -1.60. The van der Waals surface area contributed by atoms with Gasteiger partial charge in [0.1, 0.15) is 36.6 Å². The molecule has 0 amide bonds. The van der Waals surface area contributed by atoms with E-state index in [1.54, 1.807) is 13.0 Å². The highest BCUT2D eigenvalue weighted by molar-refractivity contribution is 5.85. The molecule has 2 aliphatic heterocycles. The summed E-state index contributed by atoms with van der Waals surface area (Å²) in [6.45, 7) is 5.41. The normalized spacial score (nSPS) is 52.0. The van der Waals surface area contributed by atoms with E-state index in [0.717, 1.165) is 12.0 Å². The van der Waals surface area contributed by atoms with E-state index < -0.39 is 65.5 Å². The first kappa shape index (κ1) is 30.4. The predicted octanol–water partition coefficient (Wildman–Crippen LogP) is 1.38. The molecule has 6 rings (SSSR count). The summed E-state index contributed by atoms with van der Waals surface area (Å²) in [4.78, 5) is 24.2. The fourth-order valence-electron chi connectivity index (χ4n) is 10.0. The highest BCUT2D eigenvalue weighted by Gasteiger charge is 2.70. The molecule has 4 aliphatic carbocycles. The Kier molecular flexibility index (Phi) is 7.81. The maximum absolute atomic E-state index is 12.6. The molecule has 6 aliphatic rings. The molecule has 4 saturated carbocycles. The standard InChI is InChI=1S/C31H46O11/c1-15-25(34)27(38-4)26(35)28(40-15)42-19-12-18-5-6-21-22(31(18,37)23(13-19)41-16(2)32)7-9-29(3)20(8-10-30(21,29)36)17-11-24(33)39-14-17/h11,15,18-23,25-28,34-37H,5-10,12-14H2,1-4H3. The van der Waals surface area contributed by atoms with Crippen LogP contribution < -0.4 is 0 Å². The number of aliphatic hydroxyl groups excluding tert-OH is 2. The molecule has 0 spiro atoms. The highest BCUT2D eigenvalue weighted by Crippen LogP contribution is 2.68. The van der Waals surface area contributed by atoms with Gasteiger partial charge in [-0.15, -0.1) is 0 Å². The molecule has 1 saturated heterocycles. The number of methoxy groups -OCH3 is 1. The van der Waals surface area contributed by atoms with E-state index in [0.29, 0.717) is 38.5 Å². The van der Waals surface area contributed by atoms with Gasteiger partial charge in [-0.05, 0) is 81.1 Å². The molecular formula is C31H46O11. The molecule has 42 heavy (non-hydrogen) atoms. The van der Waals surface area contributed by atoms with Crippen molar-refractivity contribution in [2.45, 2.75) is 126 Å². The molecule has 11 nitrogen and oxygen atoms in total. The maximum Gasteiger partial charge on any atom is 0.331 e. The number of rotatable bonds is 5. The van der Waals surface area contributed by atoms with Crippen molar-refractivity contribution in [2.75, 3.05) is 13.7 Å². The molecule has 2 heterocycles. The van der Waals surface area contributed by atoms with E-state index in [2.05, 4.69) is 6.92 Å². The third-order valence-electron chi connectivity index (χ3n) is 12.1. The van der Waals surface area contributed by atoms with Crippen LogP contribution in [0.3, 0.4) is 0 Å². The molecule has 4 N–H and O–H groups in total. The van der Waals surface area contributed by atoms with Crippen LogP contribution in [0.1, 0.15) is 72.1 Å². The molecule has 0 radical (unpaired) electrons. The SMILES string of the molecule is COC1C(O)C(C)OC(OC2CC3CCC4C(CCC5(C)C(C6=CC(=O)OC6)CCC45O)C3(O)C(OC(C)=O)C2)C1O. The van der Waals surface area contributed by atoms with Crippen molar-refractivity contribution in [3.63, 3.8) is 0 Å². The molecular weight excluding hydrogens is 548 g/mol. The molecule has 0 aromatic heterocycles. The first-order chi connectivity index (χ1) is 19.8. The Morgan fingerprint density at radius 3 is 2.48 bits per heavy atom. The van der Waals surface area contributed by atoms with Crippen molar-refractivity contribution in [3.05, 3.63) is 11.6 Å². The fraction of sp³-hybridized carbons (Fsp3) is 0.871. The largest absolute Gasteiger partial charge is 0.459 e. The number of hydrogen-bond donors (Lipinski definition) is 4. The third kappa shape index (κ3) is 4.49. The zero-order valence-electron chi connectivity index (χ0n) is 24.9. The topological polar surface area (TPSA) is 161 Å². The van der Waals surface area contributed by atoms with Gasteiger partial charge in [-0.3, -0.25) is 4.79 Å². The van der Waals surface area contributed by atoms with Crippen molar-refractivity contribution in [2.24, 2.45) is 29.1 Å². The van der Waals surface area contributed by atoms with Gasteiger partial charge < -0.3 is 44.1 Å². The van der Waals surface area contributed by atoms with Crippen LogP contribution in [0.5, 0.6) is 0 Å². The van der Waals surface area contributed by atoms with Crippen molar-refractivity contribution < 1.29 is 53.7 Å². The van der Waals surface area contributed by atoms with Gasteiger partial charge >= 0.3 is 11.9 Å². The summed E-state index contributed by atoms with van der Waals surface area (Å²) in [5.74, 6) is -1.52. The first-order valence-corrected chi connectivity index (χ1v) is 15.5. The molecule has 11 heteroatoms. The maximum atomic E-state index is 12.6. The van der Waals surface area contributed by atoms with Gasteiger partial charge in [-0.2, -0.15) is 0 Å².